The summed E-state index contributed by atoms with van der Waals surface area (Å²) in [6, 6.07) is 16.2. The van der Waals surface area contributed by atoms with Crippen LogP contribution in [0.25, 0.3) is 22.4 Å². The van der Waals surface area contributed by atoms with E-state index in [-0.39, 0.29) is 17.2 Å². The van der Waals surface area contributed by atoms with Gasteiger partial charge in [-0.05, 0) is 39.2 Å². The van der Waals surface area contributed by atoms with Gasteiger partial charge in [-0.1, -0.05) is 30.3 Å². The van der Waals surface area contributed by atoms with Gasteiger partial charge in [-0.25, -0.2) is 4.98 Å². The van der Waals surface area contributed by atoms with E-state index in [1.807, 2.05) is 49.3 Å². The van der Waals surface area contributed by atoms with Crippen LogP contribution in [0.1, 0.15) is 21.8 Å². The normalized spacial score (nSPS) is 11.2. The minimum Gasteiger partial charge on any atom is -0.451 e. The number of aromatic nitrogens is 2. The van der Waals surface area contributed by atoms with Crippen LogP contribution in [0.5, 0.6) is 0 Å². The van der Waals surface area contributed by atoms with Crippen LogP contribution in [-0.2, 0) is 6.54 Å². The van der Waals surface area contributed by atoms with Gasteiger partial charge in [0.25, 0.3) is 11.5 Å². The number of para-hydroxylation sites is 1. The summed E-state index contributed by atoms with van der Waals surface area (Å²) in [6.07, 6.45) is 0. The van der Waals surface area contributed by atoms with Gasteiger partial charge in [0.1, 0.15) is 11.4 Å². The SMILES string of the molecule is Cc1cc(=O)[nH]c(-c2cccc(NC(=O)c3oc4ccccc4c3CN(C)C)c2)n1. The number of aryl methyl sites for hydroxylation is 1. The zero-order chi connectivity index (χ0) is 21.3. The third-order valence-electron chi connectivity index (χ3n) is 4.64. The molecule has 2 aromatic heterocycles. The molecule has 0 aliphatic rings. The second kappa shape index (κ2) is 7.96. The summed E-state index contributed by atoms with van der Waals surface area (Å²) in [4.78, 5) is 33.9. The molecular formula is C23H22N4O3. The van der Waals surface area contributed by atoms with Crippen molar-refractivity contribution >= 4 is 22.6 Å². The van der Waals surface area contributed by atoms with Crippen LogP contribution in [-0.4, -0.2) is 34.9 Å². The molecule has 2 heterocycles. The maximum atomic E-state index is 13.0. The van der Waals surface area contributed by atoms with E-state index >= 15 is 0 Å². The third-order valence-corrected chi connectivity index (χ3v) is 4.64. The number of amides is 1. The molecule has 0 radical (unpaired) electrons. The average molecular weight is 402 g/mol. The fourth-order valence-electron chi connectivity index (χ4n) is 3.40. The molecule has 4 rings (SSSR count). The highest BCUT2D eigenvalue weighted by molar-refractivity contribution is 6.06. The van der Waals surface area contributed by atoms with Gasteiger partial charge in [-0.3, -0.25) is 9.59 Å². The highest BCUT2D eigenvalue weighted by Gasteiger charge is 2.21. The van der Waals surface area contributed by atoms with E-state index < -0.39 is 0 Å². The van der Waals surface area contributed by atoms with Crippen molar-refractivity contribution in [3.8, 4) is 11.4 Å². The molecule has 0 bridgehead atoms. The number of hydrogen-bond donors (Lipinski definition) is 2. The Bertz CT molecular complexity index is 1290. The second-order valence-electron chi connectivity index (χ2n) is 7.41. The Balaban J connectivity index is 1.67. The van der Waals surface area contributed by atoms with Crippen molar-refractivity contribution in [2.24, 2.45) is 0 Å². The quantitative estimate of drug-likeness (QED) is 0.530. The van der Waals surface area contributed by atoms with E-state index in [0.29, 0.717) is 34.9 Å². The van der Waals surface area contributed by atoms with Gasteiger partial charge in [0, 0.05) is 40.5 Å². The zero-order valence-corrected chi connectivity index (χ0v) is 17.0. The molecule has 4 aromatic rings. The summed E-state index contributed by atoms with van der Waals surface area (Å²) in [5.41, 5.74) is 3.20. The first kappa shape index (κ1) is 19.6. The molecule has 1 amide bonds. The Morgan fingerprint density at radius 2 is 1.93 bits per heavy atom. The van der Waals surface area contributed by atoms with Crippen molar-refractivity contribution < 1.29 is 9.21 Å². The van der Waals surface area contributed by atoms with Gasteiger partial charge in [0.15, 0.2) is 5.76 Å². The van der Waals surface area contributed by atoms with E-state index in [1.165, 1.54) is 6.07 Å². The Kier molecular flexibility index (Phi) is 5.20. The molecule has 2 N–H and O–H groups in total. The predicted octanol–water partition coefficient (Wildman–Crippen LogP) is 3.81. The zero-order valence-electron chi connectivity index (χ0n) is 17.0. The molecule has 0 aliphatic heterocycles. The molecule has 0 saturated heterocycles. The molecule has 2 aromatic carbocycles. The fraction of sp³-hybridized carbons (Fsp3) is 0.174. The number of anilines is 1. The first-order valence-corrected chi connectivity index (χ1v) is 9.55. The summed E-state index contributed by atoms with van der Waals surface area (Å²) in [7, 11) is 3.89. The third kappa shape index (κ3) is 4.01. The first-order chi connectivity index (χ1) is 14.4. The largest absolute Gasteiger partial charge is 0.451 e. The van der Waals surface area contributed by atoms with Crippen molar-refractivity contribution in [2.45, 2.75) is 13.5 Å². The standard InChI is InChI=1S/C23H22N4O3/c1-14-11-20(28)26-22(24-14)15-7-6-8-16(12-15)25-23(29)21-18(13-27(2)3)17-9-4-5-10-19(17)30-21/h4-12H,13H2,1-3H3,(H,25,29)(H,24,26,28). The molecule has 30 heavy (non-hydrogen) atoms. The van der Waals surface area contributed by atoms with Crippen LogP contribution in [0.15, 0.2) is 63.8 Å². The van der Waals surface area contributed by atoms with E-state index in [2.05, 4.69) is 15.3 Å². The number of rotatable bonds is 5. The van der Waals surface area contributed by atoms with Gasteiger partial charge in [-0.15, -0.1) is 0 Å². The lowest BCUT2D eigenvalue weighted by Gasteiger charge is -2.11. The number of carbonyl (C=O) groups is 1. The van der Waals surface area contributed by atoms with Crippen molar-refractivity contribution in [1.82, 2.24) is 14.9 Å². The summed E-state index contributed by atoms with van der Waals surface area (Å²) >= 11 is 0. The molecule has 0 spiro atoms. The highest BCUT2D eigenvalue weighted by Crippen LogP contribution is 2.28. The maximum absolute atomic E-state index is 13.0. The van der Waals surface area contributed by atoms with Gasteiger partial charge in [-0.2, -0.15) is 0 Å². The Hall–Kier alpha value is -3.71. The molecular weight excluding hydrogens is 380 g/mol. The van der Waals surface area contributed by atoms with Crippen molar-refractivity contribution in [2.75, 3.05) is 19.4 Å². The second-order valence-corrected chi connectivity index (χ2v) is 7.41. The van der Waals surface area contributed by atoms with E-state index in [9.17, 15) is 9.59 Å². The van der Waals surface area contributed by atoms with Crippen molar-refractivity contribution in [1.29, 1.82) is 0 Å². The van der Waals surface area contributed by atoms with Gasteiger partial charge in [0.05, 0.1) is 0 Å². The van der Waals surface area contributed by atoms with E-state index in [1.54, 1.807) is 25.1 Å². The highest BCUT2D eigenvalue weighted by atomic mass is 16.3. The fourth-order valence-corrected chi connectivity index (χ4v) is 3.40. The van der Waals surface area contributed by atoms with Gasteiger partial charge in [0.2, 0.25) is 0 Å². The molecule has 7 heteroatoms. The molecule has 0 fully saturated rings. The van der Waals surface area contributed by atoms with Crippen molar-refractivity contribution in [3.63, 3.8) is 0 Å². The first-order valence-electron chi connectivity index (χ1n) is 9.55. The molecule has 0 aliphatic carbocycles. The topological polar surface area (TPSA) is 91.2 Å². The van der Waals surface area contributed by atoms with Gasteiger partial charge < -0.3 is 19.6 Å². The van der Waals surface area contributed by atoms with E-state index in [4.69, 9.17) is 4.42 Å². The average Bonchev–Trinajstić information content (AvgIpc) is 3.06. The Morgan fingerprint density at radius 3 is 2.70 bits per heavy atom. The molecule has 0 saturated carbocycles. The number of aromatic amines is 1. The minimum absolute atomic E-state index is 0.220. The summed E-state index contributed by atoms with van der Waals surface area (Å²) in [6.45, 7) is 2.34. The lowest BCUT2D eigenvalue weighted by atomic mass is 10.1. The molecule has 152 valence electrons. The number of nitrogens with one attached hydrogen (secondary N) is 2. The number of carbonyl (C=O) groups excluding carboxylic acids is 1. The molecule has 7 nitrogen and oxygen atoms in total. The molecule has 0 atom stereocenters. The summed E-state index contributed by atoms with van der Waals surface area (Å²) in [5, 5.41) is 3.82. The smallest absolute Gasteiger partial charge is 0.291 e. The van der Waals surface area contributed by atoms with Gasteiger partial charge >= 0.3 is 0 Å². The minimum atomic E-state index is -0.328. The van der Waals surface area contributed by atoms with Crippen LogP contribution >= 0.6 is 0 Å². The number of hydrogen-bond acceptors (Lipinski definition) is 5. The van der Waals surface area contributed by atoms with Crippen molar-refractivity contribution in [3.05, 3.63) is 82.0 Å². The van der Waals surface area contributed by atoms with E-state index in [0.717, 1.165) is 10.9 Å². The van der Waals surface area contributed by atoms with Crippen LogP contribution in [0, 0.1) is 6.92 Å². The lowest BCUT2D eigenvalue weighted by Crippen LogP contribution is -2.17. The maximum Gasteiger partial charge on any atom is 0.291 e. The molecule has 0 unspecified atom stereocenters. The summed E-state index contributed by atoms with van der Waals surface area (Å²) < 4.78 is 5.88. The number of benzene rings is 2. The lowest BCUT2D eigenvalue weighted by molar-refractivity contribution is 0.0996. The number of fused-ring (bicyclic) bond motifs is 1. The summed E-state index contributed by atoms with van der Waals surface area (Å²) in [5.74, 6) is 0.413. The number of nitrogens with zero attached hydrogens (tertiary/aromatic N) is 2. The Labute approximate surface area is 173 Å². The number of H-pyrrole nitrogens is 1. The Morgan fingerprint density at radius 1 is 1.13 bits per heavy atom. The van der Waals surface area contributed by atoms with Crippen LogP contribution in [0.3, 0.4) is 0 Å². The van der Waals surface area contributed by atoms with Crippen LogP contribution < -0.4 is 10.9 Å². The monoisotopic (exact) mass is 402 g/mol. The number of furan rings is 1. The van der Waals surface area contributed by atoms with Crippen LogP contribution in [0.4, 0.5) is 5.69 Å². The van der Waals surface area contributed by atoms with Crippen LogP contribution in [0.2, 0.25) is 0 Å². The predicted molar refractivity (Wildman–Crippen MR) is 117 cm³/mol.